The topological polar surface area (TPSA) is 102 Å². The molecule has 2 aliphatic rings. The molecule has 3 amide bonds. The Morgan fingerprint density at radius 3 is 2.42 bits per heavy atom. The van der Waals surface area contributed by atoms with Crippen molar-refractivity contribution in [1.29, 1.82) is 0 Å². The molecule has 8 heteroatoms. The second-order valence-corrected chi connectivity index (χ2v) is 5.96. The Labute approximate surface area is 162 Å². The number of carboxylic acids is 1. The third-order valence-electron chi connectivity index (χ3n) is 4.24. The summed E-state index contributed by atoms with van der Waals surface area (Å²) in [6, 6.07) is 7.59. The van der Waals surface area contributed by atoms with Gasteiger partial charge in [-0.2, -0.15) is 0 Å². The Kier molecular flexibility index (Phi) is 6.26. The van der Waals surface area contributed by atoms with Crippen molar-refractivity contribution in [2.75, 3.05) is 13.1 Å². The molecule has 1 saturated heterocycles. The van der Waals surface area contributed by atoms with E-state index >= 15 is 0 Å². The zero-order valence-electron chi connectivity index (χ0n) is 13.6. The molecule has 0 bridgehead atoms. The van der Waals surface area contributed by atoms with Crippen LogP contribution in [0.1, 0.15) is 17.5 Å². The third-order valence-corrected chi connectivity index (χ3v) is 4.24. The first-order valence-corrected chi connectivity index (χ1v) is 7.64. The summed E-state index contributed by atoms with van der Waals surface area (Å²) in [5, 5.41) is 16.1. The van der Waals surface area contributed by atoms with E-state index < -0.39 is 17.8 Å². The van der Waals surface area contributed by atoms with Crippen molar-refractivity contribution in [3.8, 4) is 0 Å². The van der Waals surface area contributed by atoms with Crippen molar-refractivity contribution >= 4 is 17.9 Å². The minimum absolute atomic E-state index is 0. The van der Waals surface area contributed by atoms with Gasteiger partial charge in [0.05, 0.1) is 0 Å². The molecule has 2 atom stereocenters. The molecule has 1 aliphatic carbocycles. The van der Waals surface area contributed by atoms with Gasteiger partial charge in [0, 0.05) is 44.0 Å². The molecule has 0 radical (unpaired) electrons. The molecule has 0 unspecified atom stereocenters. The smallest absolute Gasteiger partial charge is 0.550 e. The number of hydrogen-bond acceptors (Lipinski definition) is 4. The summed E-state index contributed by atoms with van der Waals surface area (Å²) >= 11 is 0. The van der Waals surface area contributed by atoms with Crippen LogP contribution in [0.3, 0.4) is 0 Å². The number of rotatable bonds is 6. The van der Waals surface area contributed by atoms with E-state index in [9.17, 15) is 19.5 Å². The molecule has 1 saturated carbocycles. The van der Waals surface area contributed by atoms with E-state index in [1.54, 1.807) is 4.90 Å². The number of aliphatic carboxylic acids is 1. The van der Waals surface area contributed by atoms with E-state index in [1.165, 1.54) is 0 Å². The van der Waals surface area contributed by atoms with Crippen LogP contribution in [0.15, 0.2) is 24.3 Å². The van der Waals surface area contributed by atoms with E-state index in [0.29, 0.717) is 32.6 Å². The van der Waals surface area contributed by atoms with Crippen LogP contribution in [0.25, 0.3) is 0 Å². The summed E-state index contributed by atoms with van der Waals surface area (Å²) in [5.41, 5.74) is 1.95. The second kappa shape index (κ2) is 8.00. The van der Waals surface area contributed by atoms with Gasteiger partial charge in [-0.05, 0) is 17.5 Å². The molecule has 122 valence electrons. The minimum atomic E-state index is -1.15. The van der Waals surface area contributed by atoms with E-state index in [2.05, 4.69) is 10.6 Å². The summed E-state index contributed by atoms with van der Waals surface area (Å²) in [7, 11) is 0. The maximum absolute atomic E-state index is 11.8. The fourth-order valence-corrected chi connectivity index (χ4v) is 2.71. The first kappa shape index (κ1) is 18.8. The minimum Gasteiger partial charge on any atom is -0.550 e. The number of carbonyl (C=O) groups is 3. The van der Waals surface area contributed by atoms with Crippen LogP contribution in [-0.4, -0.2) is 35.9 Å². The Morgan fingerprint density at radius 2 is 1.88 bits per heavy atom. The van der Waals surface area contributed by atoms with E-state index in [-0.39, 0.29) is 41.5 Å². The van der Waals surface area contributed by atoms with Gasteiger partial charge < -0.3 is 25.4 Å². The van der Waals surface area contributed by atoms with Crippen LogP contribution in [0.4, 0.5) is 4.79 Å². The Hall–Kier alpha value is -1.57. The van der Waals surface area contributed by atoms with E-state index in [0.717, 1.165) is 11.1 Å². The van der Waals surface area contributed by atoms with Gasteiger partial charge in [0.25, 0.3) is 0 Å². The maximum Gasteiger partial charge on any atom is 1.00 e. The number of nitrogens with zero attached hydrogens (tertiary/aromatic N) is 1. The second-order valence-electron chi connectivity index (χ2n) is 5.96. The average Bonchev–Trinajstić information content (AvgIpc) is 3.25. The molecular weight excluding hydrogens is 321 g/mol. The predicted molar refractivity (Wildman–Crippen MR) is 78.7 cm³/mol. The molecule has 2 N–H and O–H groups in total. The number of urea groups is 1. The van der Waals surface area contributed by atoms with Crippen LogP contribution < -0.4 is 45.3 Å². The summed E-state index contributed by atoms with van der Waals surface area (Å²) in [5.74, 6) is -2.48. The van der Waals surface area contributed by atoms with Crippen LogP contribution in [-0.2, 0) is 22.7 Å². The molecule has 3 rings (SSSR count). The zero-order valence-corrected chi connectivity index (χ0v) is 15.6. The molecule has 0 aromatic heterocycles. The molecule has 0 spiro atoms. The Morgan fingerprint density at radius 1 is 1.21 bits per heavy atom. The van der Waals surface area contributed by atoms with Crippen molar-refractivity contribution in [1.82, 2.24) is 15.5 Å². The van der Waals surface area contributed by atoms with E-state index in [4.69, 9.17) is 0 Å². The van der Waals surface area contributed by atoms with E-state index in [1.807, 2.05) is 24.3 Å². The van der Waals surface area contributed by atoms with Gasteiger partial charge in [-0.25, -0.2) is 4.79 Å². The fraction of sp³-hybridized carbons (Fsp3) is 0.438. The van der Waals surface area contributed by atoms with Crippen molar-refractivity contribution in [2.45, 2.75) is 19.5 Å². The number of carbonyl (C=O) groups excluding carboxylic acids is 3. The Bertz CT molecular complexity index is 635. The number of hydrogen-bond donors (Lipinski definition) is 2. The number of nitrogens with one attached hydrogen (secondary N) is 2. The molecular formula is C16H18N3NaO4. The number of carboxylic acid groups (broad SMARTS) is 1. The number of benzene rings is 1. The quantitative estimate of drug-likeness (QED) is 0.519. The maximum atomic E-state index is 11.8. The van der Waals surface area contributed by atoms with Gasteiger partial charge in [0.15, 0.2) is 0 Å². The van der Waals surface area contributed by atoms with Crippen molar-refractivity contribution in [3.63, 3.8) is 0 Å². The van der Waals surface area contributed by atoms with Gasteiger partial charge in [-0.3, -0.25) is 4.79 Å². The summed E-state index contributed by atoms with van der Waals surface area (Å²) in [6.07, 6.45) is 0.366. The predicted octanol–water partition coefficient (Wildman–Crippen LogP) is -3.78. The first-order chi connectivity index (χ1) is 11.0. The molecule has 1 aromatic rings. The zero-order chi connectivity index (χ0) is 16.4. The van der Waals surface area contributed by atoms with Gasteiger partial charge in [0.1, 0.15) is 0 Å². The van der Waals surface area contributed by atoms with Crippen LogP contribution >= 0.6 is 0 Å². The van der Waals surface area contributed by atoms with Crippen molar-refractivity contribution in [2.24, 2.45) is 11.8 Å². The number of amides is 3. The molecule has 1 heterocycles. The first-order valence-electron chi connectivity index (χ1n) is 7.64. The fourth-order valence-electron chi connectivity index (χ4n) is 2.71. The summed E-state index contributed by atoms with van der Waals surface area (Å²) in [6.45, 7) is 2.31. The van der Waals surface area contributed by atoms with Gasteiger partial charge in [0.2, 0.25) is 5.91 Å². The Balaban J connectivity index is 0.00000208. The molecule has 1 aliphatic heterocycles. The van der Waals surface area contributed by atoms with Crippen molar-refractivity contribution in [3.05, 3.63) is 35.4 Å². The van der Waals surface area contributed by atoms with Gasteiger partial charge in [-0.15, -0.1) is 0 Å². The van der Waals surface area contributed by atoms with Crippen LogP contribution in [0.2, 0.25) is 0 Å². The summed E-state index contributed by atoms with van der Waals surface area (Å²) in [4.78, 5) is 35.6. The van der Waals surface area contributed by atoms with Gasteiger partial charge in [-0.1, -0.05) is 24.3 Å². The molecule has 2 fully saturated rings. The molecule has 24 heavy (non-hydrogen) atoms. The average molecular weight is 339 g/mol. The van der Waals surface area contributed by atoms with Crippen LogP contribution in [0.5, 0.6) is 0 Å². The third kappa shape index (κ3) is 4.49. The van der Waals surface area contributed by atoms with Gasteiger partial charge >= 0.3 is 35.6 Å². The summed E-state index contributed by atoms with van der Waals surface area (Å²) < 4.78 is 0. The molecule has 7 nitrogen and oxygen atoms in total. The molecule has 1 aromatic carbocycles. The largest absolute Gasteiger partial charge is 1.00 e. The van der Waals surface area contributed by atoms with Crippen molar-refractivity contribution < 1.29 is 49.0 Å². The monoisotopic (exact) mass is 339 g/mol. The normalized spacial score (nSPS) is 21.7. The standard InChI is InChI=1S/C16H19N3O4.Na/c20-14(12-7-13(12)15(21)22)18-8-10-1-3-11(4-2-10)9-19-6-5-17-16(19)23;/h1-4,12-13H,5-9H2,(H,17,23)(H,18,20)(H,21,22);/q;+1/p-1/t12-,13+;/m0./s1. The SMILES string of the molecule is O=C(NCc1ccc(CN2CCNC2=O)cc1)[C@H]1C[C@H]1C(=O)[O-].[Na+]. The van der Waals surface area contributed by atoms with Crippen LogP contribution in [0, 0.1) is 11.8 Å².